The molecule has 7 nitrogen and oxygen atoms in total. The number of nitrogens with one attached hydrogen (secondary N) is 1. The fourth-order valence-corrected chi connectivity index (χ4v) is 1.99. The smallest absolute Gasteiger partial charge is 0.329 e. The molecule has 0 aliphatic carbocycles. The number of allylic oxidation sites excluding steroid dienone is 4. The second kappa shape index (κ2) is 9.17. The van der Waals surface area contributed by atoms with Crippen LogP contribution in [-0.2, 0) is 23.9 Å². The number of carboxylic acid groups (broad SMARTS) is 1. The van der Waals surface area contributed by atoms with E-state index < -0.39 is 29.7 Å². The maximum absolute atomic E-state index is 12.4. The van der Waals surface area contributed by atoms with Crippen molar-refractivity contribution >= 4 is 17.8 Å². The minimum Gasteiger partial charge on any atom is -0.478 e. The van der Waals surface area contributed by atoms with Gasteiger partial charge in [-0.1, -0.05) is 38.2 Å². The van der Waals surface area contributed by atoms with E-state index in [1.807, 2.05) is 20.8 Å². The van der Waals surface area contributed by atoms with Crippen molar-refractivity contribution < 1.29 is 29.0 Å². The van der Waals surface area contributed by atoms with Gasteiger partial charge in [-0.05, 0) is 18.9 Å². The molecule has 0 bridgehead atoms. The SMILES string of the molecule is CC(=O)NC(C(=O)O[C@H](/C=C/C=C/C=C/C(=O)O)C1(C)CO1)C(C)C. The maximum Gasteiger partial charge on any atom is 0.329 e. The highest BCUT2D eigenvalue weighted by atomic mass is 16.6. The summed E-state index contributed by atoms with van der Waals surface area (Å²) in [5, 5.41) is 11.1. The van der Waals surface area contributed by atoms with Crippen molar-refractivity contribution in [1.82, 2.24) is 5.32 Å². The predicted molar refractivity (Wildman–Crippen MR) is 91.7 cm³/mol. The van der Waals surface area contributed by atoms with Gasteiger partial charge in [0.25, 0.3) is 0 Å². The molecular formula is C18H25NO6. The van der Waals surface area contributed by atoms with E-state index >= 15 is 0 Å². The zero-order chi connectivity index (χ0) is 19.0. The Morgan fingerprint density at radius 3 is 2.28 bits per heavy atom. The molecule has 25 heavy (non-hydrogen) atoms. The summed E-state index contributed by atoms with van der Waals surface area (Å²) in [6, 6.07) is -0.732. The van der Waals surface area contributed by atoms with E-state index in [4.69, 9.17) is 14.6 Å². The summed E-state index contributed by atoms with van der Waals surface area (Å²) in [5.41, 5.74) is -0.589. The lowest BCUT2D eigenvalue weighted by Gasteiger charge is -2.24. The van der Waals surface area contributed by atoms with Gasteiger partial charge in [0.05, 0.1) is 6.61 Å². The number of ether oxygens (including phenoxy) is 2. The summed E-state index contributed by atoms with van der Waals surface area (Å²) in [6.07, 6.45) is 8.28. The van der Waals surface area contributed by atoms with E-state index in [1.165, 1.54) is 13.0 Å². The Labute approximate surface area is 147 Å². The minimum atomic E-state index is -1.03. The van der Waals surface area contributed by atoms with Crippen molar-refractivity contribution in [2.45, 2.75) is 45.4 Å². The third kappa shape index (κ3) is 7.34. The molecule has 0 radical (unpaired) electrons. The van der Waals surface area contributed by atoms with Gasteiger partial charge in [-0.15, -0.1) is 0 Å². The molecule has 1 saturated heterocycles. The number of carbonyl (C=O) groups excluding carboxylic acids is 2. The predicted octanol–water partition coefficient (Wildman–Crippen LogP) is 1.60. The number of amides is 1. The van der Waals surface area contributed by atoms with Crippen molar-refractivity contribution in [3.63, 3.8) is 0 Å². The molecule has 0 aromatic heterocycles. The monoisotopic (exact) mass is 351 g/mol. The Hall–Kier alpha value is -2.41. The first-order valence-corrected chi connectivity index (χ1v) is 8.01. The highest BCUT2D eigenvalue weighted by Crippen LogP contribution is 2.33. The van der Waals surface area contributed by atoms with Crippen molar-refractivity contribution in [1.29, 1.82) is 0 Å². The van der Waals surface area contributed by atoms with E-state index in [9.17, 15) is 14.4 Å². The van der Waals surface area contributed by atoms with Gasteiger partial charge in [0.2, 0.25) is 5.91 Å². The van der Waals surface area contributed by atoms with Crippen LogP contribution in [0, 0.1) is 5.92 Å². The van der Waals surface area contributed by atoms with E-state index in [0.717, 1.165) is 6.08 Å². The van der Waals surface area contributed by atoms with Crippen molar-refractivity contribution in [3.05, 3.63) is 36.5 Å². The third-order valence-corrected chi connectivity index (χ3v) is 3.58. The summed E-state index contributed by atoms with van der Waals surface area (Å²) in [6.45, 7) is 7.27. The molecule has 1 rings (SSSR count). The molecule has 7 heteroatoms. The van der Waals surface area contributed by atoms with Gasteiger partial charge in [-0.2, -0.15) is 0 Å². The van der Waals surface area contributed by atoms with Gasteiger partial charge in [-0.25, -0.2) is 9.59 Å². The van der Waals surface area contributed by atoms with Crippen molar-refractivity contribution in [2.75, 3.05) is 6.61 Å². The molecular weight excluding hydrogens is 326 g/mol. The lowest BCUT2D eigenvalue weighted by Crippen LogP contribution is -2.46. The summed E-state index contributed by atoms with van der Waals surface area (Å²) >= 11 is 0. The lowest BCUT2D eigenvalue weighted by molar-refractivity contribution is -0.154. The first-order chi connectivity index (χ1) is 11.7. The standard InChI is InChI=1S/C18H25NO6/c1-12(2)16(19-13(3)20)17(23)25-14(18(4)11-24-18)9-7-5-6-8-10-15(21)22/h5-10,12,14,16H,11H2,1-4H3,(H,19,20)(H,21,22)/b6-5+,9-7+,10-8+/t14-,16?,18?/m1/s1. The molecule has 1 aliphatic rings. The zero-order valence-electron chi connectivity index (χ0n) is 14.9. The molecule has 1 amide bonds. The van der Waals surface area contributed by atoms with Gasteiger partial charge in [-0.3, -0.25) is 4.79 Å². The van der Waals surface area contributed by atoms with Crippen LogP contribution in [-0.4, -0.2) is 47.3 Å². The van der Waals surface area contributed by atoms with Crippen LogP contribution in [0.15, 0.2) is 36.5 Å². The molecule has 0 spiro atoms. The summed E-state index contributed by atoms with van der Waals surface area (Å²) < 4.78 is 10.9. The number of epoxide rings is 1. The molecule has 1 heterocycles. The minimum absolute atomic E-state index is 0.116. The summed E-state index contributed by atoms with van der Waals surface area (Å²) in [5.74, 6) is -1.97. The third-order valence-electron chi connectivity index (χ3n) is 3.58. The van der Waals surface area contributed by atoms with Gasteiger partial charge in [0.1, 0.15) is 11.6 Å². The van der Waals surface area contributed by atoms with Crippen molar-refractivity contribution in [2.24, 2.45) is 5.92 Å². The van der Waals surface area contributed by atoms with Crippen LogP contribution in [0.25, 0.3) is 0 Å². The number of aliphatic carboxylic acids is 1. The number of rotatable bonds is 9. The highest BCUT2D eigenvalue weighted by molar-refractivity contribution is 5.83. The molecule has 1 aliphatic heterocycles. The number of carboxylic acids is 1. The van der Waals surface area contributed by atoms with Gasteiger partial charge >= 0.3 is 11.9 Å². The summed E-state index contributed by atoms with van der Waals surface area (Å²) in [4.78, 5) is 34.0. The van der Waals surface area contributed by atoms with Crippen molar-refractivity contribution in [3.8, 4) is 0 Å². The Morgan fingerprint density at radius 1 is 1.20 bits per heavy atom. The van der Waals surface area contributed by atoms with E-state index in [1.54, 1.807) is 24.3 Å². The Balaban J connectivity index is 2.75. The Kier molecular flexibility index (Phi) is 7.57. The maximum atomic E-state index is 12.4. The average Bonchev–Trinajstić information content (AvgIpc) is 3.25. The fourth-order valence-electron chi connectivity index (χ4n) is 1.99. The quantitative estimate of drug-likeness (QED) is 0.283. The zero-order valence-corrected chi connectivity index (χ0v) is 14.9. The molecule has 2 unspecified atom stereocenters. The van der Waals surface area contributed by atoms with Crippen LogP contribution in [0.3, 0.4) is 0 Å². The van der Waals surface area contributed by atoms with Gasteiger partial charge < -0.3 is 19.9 Å². The lowest BCUT2D eigenvalue weighted by atomic mass is 10.0. The molecule has 2 N–H and O–H groups in total. The molecule has 0 saturated carbocycles. The number of carbonyl (C=O) groups is 3. The number of esters is 1. The number of hydrogen-bond acceptors (Lipinski definition) is 5. The largest absolute Gasteiger partial charge is 0.478 e. The molecule has 1 fully saturated rings. The van der Waals surface area contributed by atoms with Crippen LogP contribution in [0.2, 0.25) is 0 Å². The Bertz CT molecular complexity index is 586. The van der Waals surface area contributed by atoms with Crippen LogP contribution in [0.5, 0.6) is 0 Å². The Morgan fingerprint density at radius 2 is 1.80 bits per heavy atom. The first kappa shape index (κ1) is 20.6. The summed E-state index contributed by atoms with van der Waals surface area (Å²) in [7, 11) is 0. The van der Waals surface area contributed by atoms with E-state index in [2.05, 4.69) is 5.32 Å². The molecule has 138 valence electrons. The average molecular weight is 351 g/mol. The normalized spacial score (nSPS) is 22.4. The van der Waals surface area contributed by atoms with E-state index in [0.29, 0.717) is 6.61 Å². The molecule has 3 atom stereocenters. The van der Waals surface area contributed by atoms with Gasteiger partial charge in [0, 0.05) is 13.0 Å². The second-order valence-corrected chi connectivity index (χ2v) is 6.35. The van der Waals surface area contributed by atoms with Crippen LogP contribution in [0.1, 0.15) is 27.7 Å². The first-order valence-electron chi connectivity index (χ1n) is 8.01. The second-order valence-electron chi connectivity index (χ2n) is 6.35. The van der Waals surface area contributed by atoms with E-state index in [-0.39, 0.29) is 11.8 Å². The van der Waals surface area contributed by atoms with Crippen LogP contribution < -0.4 is 5.32 Å². The van der Waals surface area contributed by atoms with Gasteiger partial charge in [0.15, 0.2) is 6.10 Å². The highest BCUT2D eigenvalue weighted by Gasteiger charge is 2.49. The number of hydrogen-bond donors (Lipinski definition) is 2. The van der Waals surface area contributed by atoms with Crippen LogP contribution >= 0.6 is 0 Å². The molecule has 0 aromatic carbocycles. The van der Waals surface area contributed by atoms with Crippen LogP contribution in [0.4, 0.5) is 0 Å². The topological polar surface area (TPSA) is 105 Å². The molecule has 0 aromatic rings. The fraction of sp³-hybridized carbons (Fsp3) is 0.500.